The van der Waals surface area contributed by atoms with Crippen molar-refractivity contribution in [2.75, 3.05) is 0 Å². The molecular formula is C15H28ClN2+. The van der Waals surface area contributed by atoms with Crippen LogP contribution in [-0.4, -0.2) is 4.57 Å². The largest absolute Gasteiger partial charge is 0.355 e. The highest BCUT2D eigenvalue weighted by atomic mass is 35.5. The first kappa shape index (κ1) is 15.6. The first-order valence-corrected chi connectivity index (χ1v) is 7.05. The summed E-state index contributed by atoms with van der Waals surface area (Å²) in [6.07, 6.45) is 0. The van der Waals surface area contributed by atoms with E-state index < -0.39 is 0 Å². The minimum absolute atomic E-state index is 0.236. The van der Waals surface area contributed by atoms with Crippen LogP contribution in [0, 0.1) is 24.7 Å². The molecular weight excluding hydrogens is 244 g/mol. The summed E-state index contributed by atoms with van der Waals surface area (Å²) in [6.45, 7) is 19.7. The lowest BCUT2D eigenvalue weighted by Gasteiger charge is -2.17. The normalized spacial score (nSPS) is 13.2. The van der Waals surface area contributed by atoms with Crippen molar-refractivity contribution in [3.8, 4) is 0 Å². The first-order chi connectivity index (χ1) is 7.92. The van der Waals surface area contributed by atoms with Crippen LogP contribution in [-0.2, 0) is 13.1 Å². The molecule has 0 aliphatic carbocycles. The van der Waals surface area contributed by atoms with Crippen molar-refractivity contribution in [2.24, 2.45) is 10.8 Å². The minimum atomic E-state index is 0.236. The van der Waals surface area contributed by atoms with Crippen LogP contribution < -0.4 is 4.57 Å². The summed E-state index contributed by atoms with van der Waals surface area (Å²) < 4.78 is 4.48. The Bertz CT molecular complexity index is 391. The molecule has 1 heterocycles. The van der Waals surface area contributed by atoms with E-state index in [9.17, 15) is 0 Å². The van der Waals surface area contributed by atoms with E-state index in [-0.39, 0.29) is 10.8 Å². The topological polar surface area (TPSA) is 8.81 Å². The van der Waals surface area contributed by atoms with Gasteiger partial charge in [0.25, 0.3) is 0 Å². The summed E-state index contributed by atoms with van der Waals surface area (Å²) >= 11 is 6.57. The molecule has 0 aliphatic heterocycles. The van der Waals surface area contributed by atoms with Crippen molar-refractivity contribution in [1.82, 2.24) is 4.57 Å². The molecule has 0 saturated carbocycles. The Kier molecular flexibility index (Phi) is 4.22. The number of halogens is 1. The second kappa shape index (κ2) is 4.88. The van der Waals surface area contributed by atoms with Crippen LogP contribution in [0.3, 0.4) is 0 Å². The maximum absolute atomic E-state index is 6.57. The fraction of sp³-hybridized carbons (Fsp3) is 0.800. The van der Waals surface area contributed by atoms with E-state index in [1.165, 1.54) is 11.4 Å². The first-order valence-electron chi connectivity index (χ1n) is 6.67. The summed E-state index contributed by atoms with van der Waals surface area (Å²) in [6, 6.07) is 0. The molecule has 0 aliphatic rings. The van der Waals surface area contributed by atoms with E-state index in [2.05, 4.69) is 64.5 Å². The quantitative estimate of drug-likeness (QED) is 0.715. The van der Waals surface area contributed by atoms with Crippen LogP contribution in [0.15, 0.2) is 0 Å². The highest BCUT2D eigenvalue weighted by Crippen LogP contribution is 2.23. The Balaban J connectivity index is 3.20. The van der Waals surface area contributed by atoms with Crippen LogP contribution >= 0.6 is 11.6 Å². The summed E-state index contributed by atoms with van der Waals surface area (Å²) in [4.78, 5) is 0. The van der Waals surface area contributed by atoms with Crippen molar-refractivity contribution in [3.05, 3.63) is 16.7 Å². The number of nitrogens with zero attached hydrogens (tertiary/aromatic N) is 2. The second-order valence-electron chi connectivity index (χ2n) is 7.73. The maximum Gasteiger partial charge on any atom is 0.355 e. The van der Waals surface area contributed by atoms with Crippen LogP contribution in [0.2, 0.25) is 5.28 Å². The smallest absolute Gasteiger partial charge is 0.217 e. The predicted molar refractivity (Wildman–Crippen MR) is 78.0 cm³/mol. The average Bonchev–Trinajstić information content (AvgIpc) is 2.31. The molecule has 0 unspecified atom stereocenters. The summed E-state index contributed by atoms with van der Waals surface area (Å²) in [5.74, 6) is 0. The van der Waals surface area contributed by atoms with Gasteiger partial charge in [-0.1, -0.05) is 41.5 Å². The zero-order valence-electron chi connectivity index (χ0n) is 13.2. The number of hydrogen-bond donors (Lipinski definition) is 0. The van der Waals surface area contributed by atoms with Crippen molar-refractivity contribution >= 4 is 11.6 Å². The third-order valence-electron chi connectivity index (χ3n) is 3.04. The van der Waals surface area contributed by atoms with Gasteiger partial charge in [0.05, 0.1) is 13.1 Å². The fourth-order valence-corrected chi connectivity index (χ4v) is 2.50. The third-order valence-corrected chi connectivity index (χ3v) is 3.45. The predicted octanol–water partition coefficient (Wildman–Crippen LogP) is 4.14. The van der Waals surface area contributed by atoms with Gasteiger partial charge in [0, 0.05) is 25.4 Å². The van der Waals surface area contributed by atoms with Gasteiger partial charge in [0.15, 0.2) is 0 Å². The van der Waals surface area contributed by atoms with Crippen molar-refractivity contribution in [2.45, 2.75) is 68.5 Å². The van der Waals surface area contributed by atoms with E-state index in [1.54, 1.807) is 0 Å². The molecule has 0 atom stereocenters. The van der Waals surface area contributed by atoms with Gasteiger partial charge in [0.2, 0.25) is 0 Å². The molecule has 0 spiro atoms. The van der Waals surface area contributed by atoms with Crippen LogP contribution in [0.4, 0.5) is 0 Å². The van der Waals surface area contributed by atoms with Crippen LogP contribution in [0.5, 0.6) is 0 Å². The van der Waals surface area contributed by atoms with E-state index in [0.717, 1.165) is 18.4 Å². The Labute approximate surface area is 117 Å². The van der Waals surface area contributed by atoms with E-state index in [4.69, 9.17) is 11.6 Å². The Morgan fingerprint density at radius 3 is 1.89 bits per heavy atom. The highest BCUT2D eigenvalue weighted by Gasteiger charge is 2.29. The summed E-state index contributed by atoms with van der Waals surface area (Å²) in [5.41, 5.74) is 3.03. The lowest BCUT2D eigenvalue weighted by Crippen LogP contribution is -2.42. The molecule has 0 saturated heterocycles. The van der Waals surface area contributed by atoms with Gasteiger partial charge in [-0.05, 0) is 10.8 Å². The van der Waals surface area contributed by atoms with Crippen molar-refractivity contribution in [3.63, 3.8) is 0 Å². The van der Waals surface area contributed by atoms with Gasteiger partial charge in [-0.25, -0.2) is 9.13 Å². The van der Waals surface area contributed by atoms with E-state index in [0.29, 0.717) is 0 Å². The van der Waals surface area contributed by atoms with Crippen molar-refractivity contribution in [1.29, 1.82) is 0 Å². The Hall–Kier alpha value is -0.500. The molecule has 0 radical (unpaired) electrons. The number of aromatic nitrogens is 2. The third kappa shape index (κ3) is 3.74. The SMILES string of the molecule is Cc1c(C)[n+](CC(C)(C)C)c(Cl)n1CC(C)(C)C. The lowest BCUT2D eigenvalue weighted by molar-refractivity contribution is -0.711. The standard InChI is InChI=1S/C15H28ClN2/c1-11-12(2)18(10-15(6,7)8)13(16)17(11)9-14(3,4)5/h9-10H2,1-8H3/q+1. The highest BCUT2D eigenvalue weighted by molar-refractivity contribution is 6.27. The van der Waals surface area contributed by atoms with Gasteiger partial charge in [-0.15, -0.1) is 0 Å². The fourth-order valence-electron chi connectivity index (χ4n) is 2.13. The molecule has 2 nitrogen and oxygen atoms in total. The number of rotatable bonds is 2. The molecule has 104 valence electrons. The molecule has 0 amide bonds. The second-order valence-corrected chi connectivity index (χ2v) is 8.07. The average molecular weight is 272 g/mol. The lowest BCUT2D eigenvalue weighted by atomic mass is 9.97. The van der Waals surface area contributed by atoms with Crippen LogP contribution in [0.1, 0.15) is 52.9 Å². The molecule has 1 aromatic rings. The summed E-state index contributed by atoms with van der Waals surface area (Å²) in [7, 11) is 0. The number of hydrogen-bond acceptors (Lipinski definition) is 0. The molecule has 0 N–H and O–H groups in total. The Morgan fingerprint density at radius 1 is 1.00 bits per heavy atom. The Morgan fingerprint density at radius 2 is 1.50 bits per heavy atom. The van der Waals surface area contributed by atoms with Crippen LogP contribution in [0.25, 0.3) is 0 Å². The monoisotopic (exact) mass is 271 g/mol. The molecule has 1 rings (SSSR count). The molecule has 1 aromatic heterocycles. The van der Waals surface area contributed by atoms with Crippen molar-refractivity contribution < 1.29 is 4.57 Å². The molecule has 3 heteroatoms. The van der Waals surface area contributed by atoms with Gasteiger partial charge >= 0.3 is 5.28 Å². The minimum Gasteiger partial charge on any atom is -0.217 e. The maximum atomic E-state index is 6.57. The summed E-state index contributed by atoms with van der Waals surface area (Å²) in [5, 5.41) is 0.856. The molecule has 0 fully saturated rings. The van der Waals surface area contributed by atoms with Gasteiger partial charge in [-0.2, -0.15) is 0 Å². The van der Waals surface area contributed by atoms with Gasteiger partial charge < -0.3 is 0 Å². The molecule has 18 heavy (non-hydrogen) atoms. The van der Waals surface area contributed by atoms with E-state index in [1.807, 2.05) is 0 Å². The van der Waals surface area contributed by atoms with Gasteiger partial charge in [0.1, 0.15) is 11.4 Å². The van der Waals surface area contributed by atoms with E-state index >= 15 is 0 Å². The molecule has 0 bridgehead atoms. The molecule has 0 aromatic carbocycles. The number of imidazole rings is 1. The zero-order valence-corrected chi connectivity index (χ0v) is 13.9. The zero-order chi connectivity index (χ0) is 14.3. The van der Waals surface area contributed by atoms with Gasteiger partial charge in [-0.3, -0.25) is 0 Å².